The third kappa shape index (κ3) is 4.55. The summed E-state index contributed by atoms with van der Waals surface area (Å²) in [6, 6.07) is 20.1. The molecule has 1 aromatic heterocycles. The second kappa shape index (κ2) is 8.74. The second-order valence-corrected chi connectivity index (χ2v) is 8.10. The van der Waals surface area contributed by atoms with Gasteiger partial charge < -0.3 is 14.6 Å². The Bertz CT molecular complexity index is 1190. The van der Waals surface area contributed by atoms with E-state index in [4.69, 9.17) is 9.47 Å². The summed E-state index contributed by atoms with van der Waals surface area (Å²) >= 11 is 0. The summed E-state index contributed by atoms with van der Waals surface area (Å²) in [5.74, 6) is -3.67. The highest BCUT2D eigenvalue weighted by Gasteiger charge is 2.42. The van der Waals surface area contributed by atoms with Crippen molar-refractivity contribution in [3.63, 3.8) is 0 Å². The number of nitrogens with zero attached hydrogens (tertiary/aromatic N) is 2. The monoisotopic (exact) mass is 446 g/mol. The van der Waals surface area contributed by atoms with Gasteiger partial charge in [-0.25, -0.2) is 4.79 Å². The number of esters is 1. The first-order valence-corrected chi connectivity index (χ1v) is 10.4. The van der Waals surface area contributed by atoms with Crippen molar-refractivity contribution in [1.82, 2.24) is 0 Å². The van der Waals surface area contributed by atoms with Crippen LogP contribution in [0.25, 0.3) is 0 Å². The Balaban J connectivity index is 1.95. The summed E-state index contributed by atoms with van der Waals surface area (Å²) < 4.78 is 12.7. The standard InChI is InChI=1S/C25H22N2O6/c1-25(2)32-23(28)21(24(29)33-25)20(17-9-5-3-6-10-17)22(26-15-7-4-8-16-26)18-11-13-19(14-12-18)27(30)31/h3-16,20,22H,1-2H3. The maximum Gasteiger partial charge on any atom is 0.338 e. The number of non-ortho nitro benzene ring substituents is 1. The lowest BCUT2D eigenvalue weighted by Gasteiger charge is -2.41. The molecule has 2 heterocycles. The number of rotatable bonds is 6. The zero-order valence-electron chi connectivity index (χ0n) is 18.1. The highest BCUT2D eigenvalue weighted by molar-refractivity contribution is 5.91. The summed E-state index contributed by atoms with van der Waals surface area (Å²) in [5.41, 5.74) is 1.17. The molecule has 0 bridgehead atoms. The molecule has 1 aliphatic heterocycles. The van der Waals surface area contributed by atoms with E-state index in [2.05, 4.69) is 0 Å². The molecule has 2 unspecified atom stereocenters. The molecule has 2 aromatic carbocycles. The molecule has 0 saturated carbocycles. The van der Waals surface area contributed by atoms with Crippen molar-refractivity contribution in [3.05, 3.63) is 118 Å². The van der Waals surface area contributed by atoms with Crippen molar-refractivity contribution in [2.24, 2.45) is 0 Å². The number of nitro benzene ring substituents is 1. The number of hydrogen-bond donors (Lipinski definition) is 0. The smallest absolute Gasteiger partial charge is 0.338 e. The topological polar surface area (TPSA) is 106 Å². The van der Waals surface area contributed by atoms with Crippen LogP contribution in [0.2, 0.25) is 0 Å². The van der Waals surface area contributed by atoms with Gasteiger partial charge in [0, 0.05) is 29.8 Å². The first-order chi connectivity index (χ1) is 15.8. The van der Waals surface area contributed by atoms with E-state index in [1.54, 1.807) is 12.1 Å². The van der Waals surface area contributed by atoms with Crippen LogP contribution >= 0.6 is 0 Å². The molecule has 0 spiro atoms. The number of hydrogen-bond acceptors (Lipinski definition) is 6. The molecule has 0 radical (unpaired) electrons. The van der Waals surface area contributed by atoms with Crippen LogP contribution in [0.4, 0.5) is 5.69 Å². The summed E-state index contributed by atoms with van der Waals surface area (Å²) in [4.78, 5) is 23.8. The van der Waals surface area contributed by atoms with E-state index in [0.717, 1.165) is 0 Å². The van der Waals surface area contributed by atoms with E-state index < -0.39 is 34.6 Å². The molecular formula is C25H22N2O6. The Kier molecular flexibility index (Phi) is 5.83. The van der Waals surface area contributed by atoms with Gasteiger partial charge in [0.25, 0.3) is 5.69 Å². The Labute approximate surface area is 190 Å². The van der Waals surface area contributed by atoms with Crippen molar-refractivity contribution in [1.29, 1.82) is 0 Å². The average Bonchev–Trinajstić information content (AvgIpc) is 2.79. The van der Waals surface area contributed by atoms with E-state index in [1.165, 1.54) is 26.0 Å². The van der Waals surface area contributed by atoms with Crippen molar-refractivity contribution in [3.8, 4) is 0 Å². The van der Waals surface area contributed by atoms with Gasteiger partial charge in [-0.15, -0.1) is 0 Å². The average molecular weight is 446 g/mol. The van der Waals surface area contributed by atoms with Crippen LogP contribution in [0.1, 0.15) is 36.9 Å². The fourth-order valence-corrected chi connectivity index (χ4v) is 4.01. The van der Waals surface area contributed by atoms with Crippen LogP contribution in [0.5, 0.6) is 0 Å². The van der Waals surface area contributed by atoms with E-state index in [-0.39, 0.29) is 11.3 Å². The zero-order chi connectivity index (χ0) is 23.6. The van der Waals surface area contributed by atoms with Crippen LogP contribution in [-0.4, -0.2) is 16.7 Å². The highest BCUT2D eigenvalue weighted by atomic mass is 16.8. The number of cyclic esters (lactones) is 1. The molecule has 0 amide bonds. The molecule has 33 heavy (non-hydrogen) atoms. The molecule has 8 heteroatoms. The van der Waals surface area contributed by atoms with Gasteiger partial charge in [-0.2, -0.15) is 4.57 Å². The largest absolute Gasteiger partial charge is 0.575 e. The van der Waals surface area contributed by atoms with Crippen LogP contribution < -0.4 is 9.67 Å². The van der Waals surface area contributed by atoms with E-state index in [0.29, 0.717) is 11.1 Å². The molecule has 0 N–H and O–H groups in total. The number of ether oxygens (including phenoxy) is 2. The maximum atomic E-state index is 13.1. The minimum atomic E-state index is -1.37. The van der Waals surface area contributed by atoms with Gasteiger partial charge in [0.1, 0.15) is 0 Å². The Morgan fingerprint density at radius 1 is 0.879 bits per heavy atom. The van der Waals surface area contributed by atoms with Crippen LogP contribution in [0.15, 0.2) is 96.7 Å². The summed E-state index contributed by atoms with van der Waals surface area (Å²) in [7, 11) is 0. The quantitative estimate of drug-likeness (QED) is 0.249. The number of carbonyl (C=O) groups is 1. The fourth-order valence-electron chi connectivity index (χ4n) is 4.01. The van der Waals surface area contributed by atoms with E-state index in [9.17, 15) is 20.0 Å². The van der Waals surface area contributed by atoms with Crippen molar-refractivity contribution >= 4 is 11.7 Å². The molecule has 2 atom stereocenters. The lowest BCUT2D eigenvalue weighted by molar-refractivity contribution is -0.716. The number of aromatic nitrogens is 1. The van der Waals surface area contributed by atoms with Gasteiger partial charge in [0.15, 0.2) is 24.2 Å². The zero-order valence-corrected chi connectivity index (χ0v) is 18.1. The molecular weight excluding hydrogens is 424 g/mol. The van der Waals surface area contributed by atoms with Gasteiger partial charge in [0.2, 0.25) is 0 Å². The number of pyridine rings is 1. The molecule has 0 aliphatic carbocycles. The number of benzene rings is 2. The molecule has 0 fully saturated rings. The van der Waals surface area contributed by atoms with Crippen molar-refractivity contribution < 1.29 is 28.9 Å². The Hall–Kier alpha value is -4.20. The lowest BCUT2D eigenvalue weighted by atomic mass is 9.81. The lowest BCUT2D eigenvalue weighted by Crippen LogP contribution is -2.47. The van der Waals surface area contributed by atoms with Gasteiger partial charge in [-0.3, -0.25) is 10.1 Å². The van der Waals surface area contributed by atoms with Gasteiger partial charge in [-0.05, 0) is 31.5 Å². The molecule has 3 aromatic rings. The van der Waals surface area contributed by atoms with E-state index in [1.807, 2.05) is 65.5 Å². The predicted molar refractivity (Wildman–Crippen MR) is 115 cm³/mol. The van der Waals surface area contributed by atoms with Crippen LogP contribution in [0.3, 0.4) is 0 Å². The minimum Gasteiger partial charge on any atom is -0.575 e. The van der Waals surface area contributed by atoms with Gasteiger partial charge in [0.05, 0.1) is 22.4 Å². The first-order valence-electron chi connectivity index (χ1n) is 10.4. The molecule has 0 saturated heterocycles. The molecule has 1 aliphatic rings. The van der Waals surface area contributed by atoms with Crippen LogP contribution in [0, 0.1) is 10.1 Å². The minimum absolute atomic E-state index is 0.0577. The SMILES string of the molecule is CC1(C)OC(=O)C(C(c2ccccc2)C(c2ccc([N+](=O)[O-])cc2)[n+]2ccccc2)=C([O-])O1. The fraction of sp³-hybridized carbons (Fsp3) is 0.200. The predicted octanol–water partition coefficient (Wildman–Crippen LogP) is 3.14. The second-order valence-electron chi connectivity index (χ2n) is 8.10. The van der Waals surface area contributed by atoms with E-state index >= 15 is 0 Å². The third-order valence-electron chi connectivity index (χ3n) is 5.41. The Morgan fingerprint density at radius 2 is 1.48 bits per heavy atom. The third-order valence-corrected chi connectivity index (χ3v) is 5.41. The molecule has 8 nitrogen and oxygen atoms in total. The summed E-state index contributed by atoms with van der Waals surface area (Å²) in [6.07, 6.45) is 3.62. The number of nitro groups is 1. The van der Waals surface area contributed by atoms with Crippen LogP contribution in [-0.2, 0) is 14.3 Å². The summed E-state index contributed by atoms with van der Waals surface area (Å²) in [6.45, 7) is 2.99. The summed E-state index contributed by atoms with van der Waals surface area (Å²) in [5, 5.41) is 24.3. The first kappa shape index (κ1) is 22.0. The Morgan fingerprint density at radius 3 is 2.06 bits per heavy atom. The normalized spacial score (nSPS) is 17.0. The van der Waals surface area contributed by atoms with Crippen molar-refractivity contribution in [2.45, 2.75) is 31.6 Å². The highest BCUT2D eigenvalue weighted by Crippen LogP contribution is 2.41. The molecule has 168 valence electrons. The van der Waals surface area contributed by atoms with Gasteiger partial charge in [-0.1, -0.05) is 36.4 Å². The van der Waals surface area contributed by atoms with Gasteiger partial charge >= 0.3 is 5.97 Å². The molecule has 4 rings (SSSR count). The number of carbonyl (C=O) groups excluding carboxylic acids is 1. The van der Waals surface area contributed by atoms with Crippen molar-refractivity contribution in [2.75, 3.05) is 0 Å². The maximum absolute atomic E-state index is 13.1.